The van der Waals surface area contributed by atoms with Gasteiger partial charge in [0.25, 0.3) is 5.91 Å². The Labute approximate surface area is 190 Å². The van der Waals surface area contributed by atoms with Gasteiger partial charge in [-0.3, -0.25) is 9.78 Å². The van der Waals surface area contributed by atoms with Crippen molar-refractivity contribution in [3.05, 3.63) is 42.1 Å². The lowest BCUT2D eigenvalue weighted by atomic mass is 9.66. The van der Waals surface area contributed by atoms with Crippen LogP contribution < -0.4 is 31.9 Å². The number of amides is 1. The molecule has 1 amide bonds. The Bertz CT molecular complexity index is 1360. The van der Waals surface area contributed by atoms with Crippen molar-refractivity contribution < 1.29 is 9.53 Å². The molecule has 0 spiro atoms. The number of fused-ring (bicyclic) bond motifs is 1. The van der Waals surface area contributed by atoms with Crippen LogP contribution in [0.25, 0.3) is 22.2 Å². The number of aromatic nitrogens is 4. The number of anilines is 1. The number of hydrogen-bond acceptors (Lipinski definition) is 5. The van der Waals surface area contributed by atoms with Crippen LogP contribution in [0.5, 0.6) is 5.75 Å². The highest BCUT2D eigenvalue weighted by atomic mass is 16.5. The monoisotopic (exact) mass is 421 g/mol. The van der Waals surface area contributed by atoms with E-state index in [1.807, 2.05) is 68.3 Å². The molecule has 3 aromatic heterocycles. The zero-order valence-corrected chi connectivity index (χ0v) is 19.5. The van der Waals surface area contributed by atoms with E-state index in [9.17, 15) is 4.79 Å². The molecule has 0 saturated carbocycles. The highest BCUT2D eigenvalue weighted by Gasteiger charge is 2.20. The van der Waals surface area contributed by atoms with Gasteiger partial charge in [0, 0.05) is 30.4 Å². The van der Waals surface area contributed by atoms with Crippen LogP contribution in [0.2, 0.25) is 0 Å². The van der Waals surface area contributed by atoms with E-state index in [1.54, 1.807) is 19.5 Å². The minimum Gasteiger partial charge on any atom is -0.498 e. The molecule has 0 aliphatic carbocycles. The van der Waals surface area contributed by atoms with Crippen molar-refractivity contribution in [1.82, 2.24) is 19.5 Å². The third-order valence-electron chi connectivity index (χ3n) is 6.32. The van der Waals surface area contributed by atoms with Gasteiger partial charge in [0.1, 0.15) is 48.8 Å². The van der Waals surface area contributed by atoms with E-state index in [-0.39, 0.29) is 5.91 Å². The topological polar surface area (TPSA) is 81.9 Å². The van der Waals surface area contributed by atoms with Gasteiger partial charge in [-0.05, 0) is 24.4 Å². The summed E-state index contributed by atoms with van der Waals surface area (Å²) < 4.78 is 7.54. The Morgan fingerprint density at radius 3 is 2.19 bits per heavy atom. The molecule has 4 rings (SSSR count). The molecule has 3 heterocycles. The van der Waals surface area contributed by atoms with Crippen LogP contribution in [0.1, 0.15) is 16.2 Å². The predicted molar refractivity (Wildman–Crippen MR) is 140 cm³/mol. The second-order valence-electron chi connectivity index (χ2n) is 8.10. The van der Waals surface area contributed by atoms with E-state index in [1.165, 1.54) is 0 Å². The predicted octanol–water partition coefficient (Wildman–Crippen LogP) is -3.37. The second-order valence-corrected chi connectivity index (χ2v) is 8.10. The van der Waals surface area contributed by atoms with Crippen molar-refractivity contribution >= 4 is 75.7 Å². The zero-order chi connectivity index (χ0) is 23.2. The van der Waals surface area contributed by atoms with E-state index >= 15 is 0 Å². The van der Waals surface area contributed by atoms with Gasteiger partial charge in [-0.1, -0.05) is 21.9 Å². The van der Waals surface area contributed by atoms with Gasteiger partial charge in [-0.15, -0.1) is 0 Å². The molecule has 7 nitrogen and oxygen atoms in total. The third kappa shape index (κ3) is 3.57. The van der Waals surface area contributed by atoms with Gasteiger partial charge in [0.2, 0.25) is 0 Å². The fourth-order valence-corrected chi connectivity index (χ4v) is 4.09. The summed E-state index contributed by atoms with van der Waals surface area (Å²) in [4.78, 5) is 26.5. The summed E-state index contributed by atoms with van der Waals surface area (Å²) in [7, 11) is 11.5. The quantitative estimate of drug-likeness (QED) is 0.349. The number of benzene rings is 1. The van der Waals surface area contributed by atoms with Crippen LogP contribution in [-0.4, -0.2) is 63.9 Å². The number of pyridine rings is 2. The summed E-state index contributed by atoms with van der Waals surface area (Å²) in [6.07, 6.45) is 5.32. The average molecular weight is 421 g/mol. The summed E-state index contributed by atoms with van der Waals surface area (Å²) in [5, 5.41) is 4.81. The molecule has 0 atom stereocenters. The number of nitrogens with one attached hydrogen (secondary N) is 1. The lowest BCUT2D eigenvalue weighted by Crippen LogP contribution is -2.47. The number of carbonyl (C=O) groups excluding carboxylic acids is 1. The van der Waals surface area contributed by atoms with Gasteiger partial charge in [0.15, 0.2) is 0 Å². The number of rotatable bonds is 4. The van der Waals surface area contributed by atoms with Gasteiger partial charge in [-0.25, -0.2) is 9.97 Å². The van der Waals surface area contributed by atoms with Crippen LogP contribution in [0.15, 0.2) is 30.7 Å². The Hall–Kier alpha value is -3.48. The zero-order valence-electron chi connectivity index (χ0n) is 19.5. The maximum Gasteiger partial charge on any atom is 0.255 e. The van der Waals surface area contributed by atoms with Crippen molar-refractivity contribution in [3.63, 3.8) is 0 Å². The number of aryl methyl sites for hydroxylation is 1. The number of imidazole rings is 1. The van der Waals surface area contributed by atoms with Crippen LogP contribution >= 0.6 is 0 Å². The maximum atomic E-state index is 13.2. The fraction of sp³-hybridized carbons (Fsp3) is 0.143. The molecule has 32 heavy (non-hydrogen) atoms. The van der Waals surface area contributed by atoms with E-state index in [2.05, 4.69) is 20.3 Å². The number of nitrogens with zero attached hydrogens (tertiary/aromatic N) is 4. The first kappa shape index (κ1) is 21.7. The molecule has 11 heteroatoms. The smallest absolute Gasteiger partial charge is 0.255 e. The number of carbonyl (C=O) groups is 1. The van der Waals surface area contributed by atoms with Crippen molar-refractivity contribution in [3.8, 4) is 17.1 Å². The maximum absolute atomic E-state index is 13.2. The van der Waals surface area contributed by atoms with Crippen molar-refractivity contribution in [1.29, 1.82) is 0 Å². The highest BCUT2D eigenvalue weighted by molar-refractivity contribution is 6.61. The van der Waals surface area contributed by atoms with E-state index < -0.39 is 0 Å². The minimum atomic E-state index is -0.183. The first-order chi connectivity index (χ1) is 15.2. The molecule has 4 aromatic rings. The van der Waals surface area contributed by atoms with Gasteiger partial charge < -0.3 is 14.6 Å². The third-order valence-corrected chi connectivity index (χ3v) is 6.32. The van der Waals surface area contributed by atoms with E-state index in [4.69, 9.17) is 4.74 Å². The molecular formula is C21H23B4N5O2. The van der Waals surface area contributed by atoms with Gasteiger partial charge in [0.05, 0.1) is 24.7 Å². The van der Waals surface area contributed by atoms with Crippen LogP contribution in [0.3, 0.4) is 0 Å². The molecule has 0 fully saturated rings. The summed E-state index contributed by atoms with van der Waals surface area (Å²) in [6, 6.07) is 3.86. The lowest BCUT2D eigenvalue weighted by molar-refractivity contribution is 0.102. The Morgan fingerprint density at radius 1 is 0.938 bits per heavy atom. The van der Waals surface area contributed by atoms with Crippen LogP contribution in [0.4, 0.5) is 5.82 Å². The summed E-state index contributed by atoms with van der Waals surface area (Å²) in [5.74, 6) is 2.05. The largest absolute Gasteiger partial charge is 0.498 e. The summed E-state index contributed by atoms with van der Waals surface area (Å²) in [5.41, 5.74) is 6.15. The molecule has 0 unspecified atom stereocenters. The lowest BCUT2D eigenvalue weighted by Gasteiger charge is -2.20. The second kappa shape index (κ2) is 8.22. The molecule has 0 radical (unpaired) electrons. The SMILES string of the molecule is Bc1c(B)c(C(=O)Nc2cc3cc(-c4cnc(C)n4C)ncc3cn2)c(B)c(B)c1OC. The van der Waals surface area contributed by atoms with Crippen molar-refractivity contribution in [2.24, 2.45) is 7.05 Å². The Balaban J connectivity index is 1.71. The number of ether oxygens (including phenoxy) is 1. The van der Waals surface area contributed by atoms with Crippen molar-refractivity contribution in [2.45, 2.75) is 6.92 Å². The average Bonchev–Trinajstić information content (AvgIpc) is 3.11. The van der Waals surface area contributed by atoms with Gasteiger partial charge >= 0.3 is 0 Å². The van der Waals surface area contributed by atoms with E-state index in [0.29, 0.717) is 11.4 Å². The molecule has 0 aliphatic heterocycles. The van der Waals surface area contributed by atoms with Crippen LogP contribution in [-0.2, 0) is 7.05 Å². The highest BCUT2D eigenvalue weighted by Crippen LogP contribution is 2.23. The Morgan fingerprint density at radius 2 is 1.59 bits per heavy atom. The van der Waals surface area contributed by atoms with Crippen molar-refractivity contribution in [2.75, 3.05) is 12.4 Å². The molecule has 1 aromatic carbocycles. The standard InChI is InChI=1S/C21H23B4N5O2/c1-9-26-8-13(30(9)2)12-4-10-5-14(28-7-11(10)6-27-12)29-21(31)15-16(22)18(24)20(32-3)19(25)17(15)23/h4-8H,22-25H2,1-3H3,(H,28,29,31). The summed E-state index contributed by atoms with van der Waals surface area (Å²) >= 11 is 0. The first-order valence-corrected chi connectivity index (χ1v) is 10.4. The molecule has 1 N–H and O–H groups in total. The minimum absolute atomic E-state index is 0.183. The molecule has 0 aliphatic rings. The van der Waals surface area contributed by atoms with Gasteiger partial charge in [-0.2, -0.15) is 0 Å². The Kier molecular flexibility index (Phi) is 5.59. The van der Waals surface area contributed by atoms with Crippen LogP contribution in [0, 0.1) is 6.92 Å². The normalized spacial score (nSPS) is 11.0. The number of methoxy groups -OCH3 is 1. The fourth-order valence-electron chi connectivity index (χ4n) is 4.09. The first-order valence-electron chi connectivity index (χ1n) is 10.4. The molecule has 0 saturated heterocycles. The molecule has 156 valence electrons. The van der Waals surface area contributed by atoms with E-state index in [0.717, 1.165) is 55.6 Å². The number of hydrogen-bond donors (Lipinski definition) is 1. The summed E-state index contributed by atoms with van der Waals surface area (Å²) in [6.45, 7) is 1.95. The molecule has 0 bridgehead atoms. The molecular weight excluding hydrogens is 398 g/mol.